The smallest absolute Gasteiger partial charge is 0.290 e. The zero-order chi connectivity index (χ0) is 24.3. The van der Waals surface area contributed by atoms with E-state index >= 15 is 0 Å². The van der Waals surface area contributed by atoms with E-state index in [0.717, 1.165) is 24.1 Å². The quantitative estimate of drug-likeness (QED) is 0.579. The molecule has 1 saturated heterocycles. The Morgan fingerprint density at radius 2 is 1.85 bits per heavy atom. The number of rotatable bonds is 4. The van der Waals surface area contributed by atoms with Crippen molar-refractivity contribution in [3.8, 4) is 0 Å². The van der Waals surface area contributed by atoms with Crippen LogP contribution >= 0.6 is 0 Å². The number of sulfonamides is 1. The first-order valence-electron chi connectivity index (χ1n) is 11.4. The fourth-order valence-electron chi connectivity index (χ4n) is 4.80. The highest BCUT2D eigenvalue weighted by Gasteiger charge is 2.35. The molecule has 3 aromatic rings. The lowest BCUT2D eigenvalue weighted by Crippen LogP contribution is -2.39. The van der Waals surface area contributed by atoms with Gasteiger partial charge in [0, 0.05) is 45.3 Å². The molecule has 180 valence electrons. The van der Waals surface area contributed by atoms with Crippen LogP contribution in [0.25, 0.3) is 11.2 Å². The SMILES string of the molecule is Cc1nn(C)c(C)c1S(=O)(=O)N1CCCC(c2ccc3c(n2)n(C)c(=O)n3CC(C)(C)C)C1. The van der Waals surface area contributed by atoms with Gasteiger partial charge in [-0.05, 0) is 44.2 Å². The average Bonchev–Trinajstić information content (AvgIpc) is 3.13. The molecule has 0 aliphatic carbocycles. The minimum absolute atomic E-state index is 0.0312. The number of hydrogen-bond acceptors (Lipinski definition) is 5. The van der Waals surface area contributed by atoms with Crippen LogP contribution in [0.1, 0.15) is 56.6 Å². The predicted octanol–water partition coefficient (Wildman–Crippen LogP) is 2.70. The first-order valence-corrected chi connectivity index (χ1v) is 12.8. The van der Waals surface area contributed by atoms with Gasteiger partial charge in [0.25, 0.3) is 0 Å². The summed E-state index contributed by atoms with van der Waals surface area (Å²) in [7, 11) is -0.152. The van der Waals surface area contributed by atoms with Crippen molar-refractivity contribution in [3.05, 3.63) is 39.7 Å². The summed E-state index contributed by atoms with van der Waals surface area (Å²) in [6, 6.07) is 3.90. The molecule has 9 nitrogen and oxygen atoms in total. The third-order valence-electron chi connectivity index (χ3n) is 6.48. The van der Waals surface area contributed by atoms with E-state index in [1.54, 1.807) is 46.1 Å². The molecule has 10 heteroatoms. The van der Waals surface area contributed by atoms with Crippen LogP contribution in [0.2, 0.25) is 0 Å². The van der Waals surface area contributed by atoms with Crippen molar-refractivity contribution in [2.75, 3.05) is 13.1 Å². The molecule has 33 heavy (non-hydrogen) atoms. The van der Waals surface area contributed by atoms with E-state index in [0.29, 0.717) is 41.6 Å². The van der Waals surface area contributed by atoms with Crippen molar-refractivity contribution < 1.29 is 8.42 Å². The lowest BCUT2D eigenvalue weighted by atomic mass is 9.95. The zero-order valence-corrected chi connectivity index (χ0v) is 21.4. The Hall–Kier alpha value is -2.46. The fourth-order valence-corrected chi connectivity index (χ4v) is 6.72. The number of fused-ring (bicyclic) bond motifs is 1. The maximum atomic E-state index is 13.5. The van der Waals surface area contributed by atoms with Crippen molar-refractivity contribution in [3.63, 3.8) is 0 Å². The van der Waals surface area contributed by atoms with Gasteiger partial charge in [-0.2, -0.15) is 9.40 Å². The number of aryl methyl sites for hydroxylation is 3. The van der Waals surface area contributed by atoms with E-state index in [9.17, 15) is 13.2 Å². The molecule has 1 aliphatic rings. The number of imidazole rings is 1. The minimum atomic E-state index is -3.65. The molecule has 0 spiro atoms. The second kappa shape index (κ2) is 8.09. The third-order valence-corrected chi connectivity index (χ3v) is 8.60. The first kappa shape index (κ1) is 23.7. The van der Waals surface area contributed by atoms with Crippen LogP contribution in [0.5, 0.6) is 0 Å². The highest BCUT2D eigenvalue weighted by molar-refractivity contribution is 7.89. The lowest BCUT2D eigenvalue weighted by molar-refractivity contribution is 0.312. The van der Waals surface area contributed by atoms with E-state index in [1.807, 2.05) is 12.1 Å². The van der Waals surface area contributed by atoms with Gasteiger partial charge in [-0.15, -0.1) is 0 Å². The Morgan fingerprint density at radius 1 is 1.15 bits per heavy atom. The second-order valence-corrected chi connectivity index (χ2v) is 12.3. The summed E-state index contributed by atoms with van der Waals surface area (Å²) in [5, 5.41) is 4.29. The van der Waals surface area contributed by atoms with Gasteiger partial charge in [-0.3, -0.25) is 13.8 Å². The van der Waals surface area contributed by atoms with Gasteiger partial charge in [0.1, 0.15) is 4.90 Å². The second-order valence-electron chi connectivity index (χ2n) is 10.4. The van der Waals surface area contributed by atoms with Gasteiger partial charge in [-0.1, -0.05) is 20.8 Å². The maximum absolute atomic E-state index is 13.5. The maximum Gasteiger partial charge on any atom is 0.330 e. The monoisotopic (exact) mass is 474 g/mol. The van der Waals surface area contributed by atoms with Gasteiger partial charge < -0.3 is 0 Å². The molecule has 0 saturated carbocycles. The lowest BCUT2D eigenvalue weighted by Gasteiger charge is -2.31. The number of pyridine rings is 1. The van der Waals surface area contributed by atoms with Gasteiger partial charge in [0.2, 0.25) is 10.0 Å². The van der Waals surface area contributed by atoms with Crippen LogP contribution in [-0.2, 0) is 30.7 Å². The zero-order valence-electron chi connectivity index (χ0n) is 20.6. The van der Waals surface area contributed by atoms with Gasteiger partial charge in [0.15, 0.2) is 5.65 Å². The van der Waals surface area contributed by atoms with Crippen molar-refractivity contribution in [2.45, 2.75) is 64.8 Å². The van der Waals surface area contributed by atoms with E-state index < -0.39 is 10.0 Å². The highest BCUT2D eigenvalue weighted by atomic mass is 32.2. The summed E-state index contributed by atoms with van der Waals surface area (Å²) >= 11 is 0. The predicted molar refractivity (Wildman–Crippen MR) is 128 cm³/mol. The van der Waals surface area contributed by atoms with Crippen molar-refractivity contribution >= 4 is 21.2 Å². The van der Waals surface area contributed by atoms with Crippen LogP contribution < -0.4 is 5.69 Å². The summed E-state index contributed by atoms with van der Waals surface area (Å²) < 4.78 is 33.5. The molecule has 0 amide bonds. The summed E-state index contributed by atoms with van der Waals surface area (Å²) in [6.07, 6.45) is 1.61. The molecule has 1 fully saturated rings. The van der Waals surface area contributed by atoms with Gasteiger partial charge in [0.05, 0.1) is 16.9 Å². The van der Waals surface area contributed by atoms with Crippen LogP contribution in [-0.4, -0.2) is 49.7 Å². The molecule has 0 aromatic carbocycles. The first-order chi connectivity index (χ1) is 15.3. The molecule has 3 aromatic heterocycles. The normalized spacial score (nSPS) is 18.3. The topological polar surface area (TPSA) is 95.0 Å². The Kier molecular flexibility index (Phi) is 5.81. The van der Waals surface area contributed by atoms with E-state index in [1.165, 1.54) is 0 Å². The van der Waals surface area contributed by atoms with E-state index in [4.69, 9.17) is 4.98 Å². The van der Waals surface area contributed by atoms with Crippen molar-refractivity contribution in [2.24, 2.45) is 19.5 Å². The Bertz CT molecular complexity index is 1370. The molecule has 0 bridgehead atoms. The molecule has 0 N–H and O–H groups in total. The standard InChI is InChI=1S/C23H34N6O3S/c1-15-20(16(2)27(7)25-15)33(31,32)28-12-8-9-17(13-28)18-10-11-19-21(24-18)26(6)22(30)29(19)14-23(3,4)5/h10-11,17H,8-9,12-14H2,1-7H3. The van der Waals surface area contributed by atoms with Gasteiger partial charge >= 0.3 is 5.69 Å². The number of aromatic nitrogens is 5. The minimum Gasteiger partial charge on any atom is -0.290 e. The summed E-state index contributed by atoms with van der Waals surface area (Å²) in [5.41, 5.74) is 3.31. The van der Waals surface area contributed by atoms with Crippen LogP contribution in [0.3, 0.4) is 0 Å². The van der Waals surface area contributed by atoms with Crippen LogP contribution in [0.4, 0.5) is 0 Å². The Labute approximate surface area is 195 Å². The number of hydrogen-bond donors (Lipinski definition) is 0. The van der Waals surface area contributed by atoms with E-state index in [-0.39, 0.29) is 17.0 Å². The molecule has 4 rings (SSSR count). The molecule has 0 radical (unpaired) electrons. The Balaban J connectivity index is 1.68. The molecule has 4 heterocycles. The summed E-state index contributed by atoms with van der Waals surface area (Å²) in [4.78, 5) is 18.0. The Morgan fingerprint density at radius 3 is 2.45 bits per heavy atom. The number of nitrogens with zero attached hydrogens (tertiary/aromatic N) is 6. The number of piperidine rings is 1. The molecular weight excluding hydrogens is 440 g/mol. The van der Waals surface area contributed by atoms with E-state index in [2.05, 4.69) is 25.9 Å². The average molecular weight is 475 g/mol. The van der Waals surface area contributed by atoms with Crippen LogP contribution in [0.15, 0.2) is 21.8 Å². The fraction of sp³-hybridized carbons (Fsp3) is 0.609. The molecule has 1 unspecified atom stereocenters. The molecule has 1 aliphatic heterocycles. The molecular formula is C23H34N6O3S. The van der Waals surface area contributed by atoms with Gasteiger partial charge in [-0.25, -0.2) is 18.2 Å². The summed E-state index contributed by atoms with van der Waals surface area (Å²) in [5.74, 6) is -0.0312. The summed E-state index contributed by atoms with van der Waals surface area (Å²) in [6.45, 7) is 11.3. The van der Waals surface area contributed by atoms with Crippen LogP contribution in [0, 0.1) is 19.3 Å². The largest absolute Gasteiger partial charge is 0.330 e. The molecule has 1 atom stereocenters. The third kappa shape index (κ3) is 4.14. The highest BCUT2D eigenvalue weighted by Crippen LogP contribution is 2.32. The van der Waals surface area contributed by atoms with Crippen molar-refractivity contribution in [1.82, 2.24) is 28.2 Å². The van der Waals surface area contributed by atoms with Crippen molar-refractivity contribution in [1.29, 1.82) is 0 Å².